The zero-order valence-electron chi connectivity index (χ0n) is 21.1. The van der Waals surface area contributed by atoms with Crippen molar-refractivity contribution in [1.29, 1.82) is 0 Å². The van der Waals surface area contributed by atoms with Crippen LogP contribution in [0.25, 0.3) is 10.8 Å². The molecule has 3 heterocycles. The number of pyridine rings is 1. The summed E-state index contributed by atoms with van der Waals surface area (Å²) in [5.41, 5.74) is 7.23. The van der Waals surface area contributed by atoms with Crippen molar-refractivity contribution in [3.8, 4) is 0 Å². The molecule has 0 spiro atoms. The first kappa shape index (κ1) is 23.0. The van der Waals surface area contributed by atoms with Crippen molar-refractivity contribution < 1.29 is 0 Å². The van der Waals surface area contributed by atoms with E-state index in [9.17, 15) is 4.79 Å². The van der Waals surface area contributed by atoms with E-state index in [1.54, 1.807) is 0 Å². The molecule has 0 radical (unpaired) electrons. The zero-order chi connectivity index (χ0) is 24.6. The van der Waals surface area contributed by atoms with Crippen LogP contribution in [0.1, 0.15) is 46.8 Å². The highest BCUT2D eigenvalue weighted by Gasteiger charge is 2.35. The lowest BCUT2D eigenvalue weighted by atomic mass is 9.76. The fourth-order valence-electron chi connectivity index (χ4n) is 6.06. The molecule has 1 fully saturated rings. The summed E-state index contributed by atoms with van der Waals surface area (Å²) in [6.45, 7) is 7.57. The van der Waals surface area contributed by atoms with Crippen LogP contribution >= 0.6 is 0 Å². The predicted molar refractivity (Wildman–Crippen MR) is 148 cm³/mol. The van der Waals surface area contributed by atoms with Crippen molar-refractivity contribution in [1.82, 2.24) is 14.8 Å². The predicted octanol–water partition coefficient (Wildman–Crippen LogP) is 5.14. The Kier molecular flexibility index (Phi) is 6.12. The molecule has 0 bridgehead atoms. The summed E-state index contributed by atoms with van der Waals surface area (Å²) in [4.78, 5) is 21.1. The maximum atomic E-state index is 13.0. The molecular formula is C31H34N4O. The molecule has 4 aromatic rings. The molecule has 0 amide bonds. The number of aromatic nitrogens is 1. The van der Waals surface area contributed by atoms with Gasteiger partial charge in [-0.15, -0.1) is 0 Å². The van der Waals surface area contributed by atoms with Gasteiger partial charge in [-0.2, -0.15) is 0 Å². The Morgan fingerprint density at radius 1 is 0.889 bits per heavy atom. The molecule has 3 aromatic carbocycles. The van der Waals surface area contributed by atoms with E-state index >= 15 is 0 Å². The highest BCUT2D eigenvalue weighted by molar-refractivity contribution is 5.98. The van der Waals surface area contributed by atoms with E-state index in [0.29, 0.717) is 0 Å². The van der Waals surface area contributed by atoms with Crippen molar-refractivity contribution in [2.24, 2.45) is 0 Å². The summed E-state index contributed by atoms with van der Waals surface area (Å²) in [5, 5.41) is 5.69. The number of nitrogens with one attached hydrogen (secondary N) is 2. The van der Waals surface area contributed by atoms with E-state index in [0.717, 1.165) is 61.3 Å². The van der Waals surface area contributed by atoms with Gasteiger partial charge in [-0.3, -0.25) is 9.69 Å². The Balaban J connectivity index is 1.47. The summed E-state index contributed by atoms with van der Waals surface area (Å²) in [5.74, 6) is 0.0919. The fraction of sp³-hybridized carbons (Fsp3) is 0.323. The second-order valence-electron chi connectivity index (χ2n) is 10.3. The van der Waals surface area contributed by atoms with Gasteiger partial charge in [-0.1, -0.05) is 67.6 Å². The largest absolute Gasteiger partial charge is 0.377 e. The Hall–Kier alpha value is -3.41. The maximum Gasteiger partial charge on any atom is 0.256 e. The van der Waals surface area contributed by atoms with Crippen molar-refractivity contribution in [3.63, 3.8) is 0 Å². The standard InChI is InChI=1S/C31H34N4O/c1-3-25-29-27(22-10-5-4-6-11-22)30(32-26-14-8-13-24(28(26)29)31(36)33-25)23-12-7-9-21(19-23)20-35-17-15-34(2)16-18-35/h4-14,19,27,30,32H,3,15-18,20H2,1-2H3,(H,33,36). The first-order valence-electron chi connectivity index (χ1n) is 13.1. The highest BCUT2D eigenvalue weighted by atomic mass is 16.1. The highest BCUT2D eigenvalue weighted by Crippen LogP contribution is 2.48. The molecule has 5 nitrogen and oxygen atoms in total. The molecule has 1 saturated heterocycles. The molecule has 0 aliphatic carbocycles. The first-order chi connectivity index (χ1) is 17.6. The van der Waals surface area contributed by atoms with Crippen LogP contribution < -0.4 is 10.9 Å². The lowest BCUT2D eigenvalue weighted by molar-refractivity contribution is 0.148. The van der Waals surface area contributed by atoms with Gasteiger partial charge in [0.25, 0.3) is 5.56 Å². The van der Waals surface area contributed by atoms with Gasteiger partial charge in [-0.25, -0.2) is 0 Å². The van der Waals surface area contributed by atoms with Crippen molar-refractivity contribution in [2.45, 2.75) is 31.8 Å². The maximum absolute atomic E-state index is 13.0. The number of benzene rings is 3. The topological polar surface area (TPSA) is 51.4 Å². The van der Waals surface area contributed by atoms with Crippen LogP contribution in [0.4, 0.5) is 5.69 Å². The van der Waals surface area contributed by atoms with E-state index < -0.39 is 0 Å². The number of likely N-dealkylation sites (N-methyl/N-ethyl adjacent to an activating group) is 1. The minimum absolute atomic E-state index is 0.00585. The van der Waals surface area contributed by atoms with Gasteiger partial charge in [0, 0.05) is 60.8 Å². The van der Waals surface area contributed by atoms with Gasteiger partial charge in [0.05, 0.1) is 6.04 Å². The van der Waals surface area contributed by atoms with Crippen LogP contribution in [-0.2, 0) is 13.0 Å². The van der Waals surface area contributed by atoms with Crippen molar-refractivity contribution >= 4 is 16.5 Å². The summed E-state index contributed by atoms with van der Waals surface area (Å²) in [6, 6.07) is 26.0. The number of H-pyrrole nitrogens is 1. The number of rotatable bonds is 5. The van der Waals surface area contributed by atoms with Gasteiger partial charge in [0.15, 0.2) is 0 Å². The van der Waals surface area contributed by atoms with Crippen LogP contribution in [0, 0.1) is 0 Å². The Morgan fingerprint density at radius 3 is 2.42 bits per heavy atom. The summed E-state index contributed by atoms with van der Waals surface area (Å²) in [6.07, 6.45) is 0.786. The number of aromatic amines is 1. The Labute approximate surface area is 212 Å². The molecular weight excluding hydrogens is 444 g/mol. The molecule has 2 aliphatic heterocycles. The average molecular weight is 479 g/mol. The Bertz CT molecular complexity index is 1440. The van der Waals surface area contributed by atoms with E-state index in [1.807, 2.05) is 12.1 Å². The van der Waals surface area contributed by atoms with E-state index in [4.69, 9.17) is 0 Å². The zero-order valence-corrected chi connectivity index (χ0v) is 21.1. The second kappa shape index (κ2) is 9.57. The quantitative estimate of drug-likeness (QED) is 0.417. The molecule has 2 atom stereocenters. The lowest BCUT2D eigenvalue weighted by Gasteiger charge is -2.37. The molecule has 6 rings (SSSR count). The molecule has 0 saturated carbocycles. The molecule has 1 aromatic heterocycles. The van der Waals surface area contributed by atoms with E-state index in [2.05, 4.69) is 94.7 Å². The number of aryl methyl sites for hydroxylation is 1. The van der Waals surface area contributed by atoms with Crippen molar-refractivity contribution in [3.05, 3.63) is 111 Å². The van der Waals surface area contributed by atoms with E-state index in [1.165, 1.54) is 22.3 Å². The molecule has 2 aliphatic rings. The third-order valence-corrected chi connectivity index (χ3v) is 7.95. The third-order valence-electron chi connectivity index (χ3n) is 7.95. The number of nitrogens with zero attached hydrogens (tertiary/aromatic N) is 2. The number of anilines is 1. The molecule has 184 valence electrons. The van der Waals surface area contributed by atoms with Crippen LogP contribution in [0.3, 0.4) is 0 Å². The van der Waals surface area contributed by atoms with Crippen molar-refractivity contribution in [2.75, 3.05) is 38.5 Å². The van der Waals surface area contributed by atoms with Gasteiger partial charge in [0.1, 0.15) is 0 Å². The molecule has 2 unspecified atom stereocenters. The van der Waals surface area contributed by atoms with Crippen LogP contribution in [0.2, 0.25) is 0 Å². The van der Waals surface area contributed by atoms with Crippen LogP contribution in [0.5, 0.6) is 0 Å². The number of hydrogen-bond donors (Lipinski definition) is 2. The number of hydrogen-bond acceptors (Lipinski definition) is 4. The average Bonchev–Trinajstić information content (AvgIpc) is 2.92. The first-order valence-corrected chi connectivity index (χ1v) is 13.1. The van der Waals surface area contributed by atoms with Gasteiger partial charge < -0.3 is 15.2 Å². The summed E-state index contributed by atoms with van der Waals surface area (Å²) < 4.78 is 0. The Morgan fingerprint density at radius 2 is 1.64 bits per heavy atom. The lowest BCUT2D eigenvalue weighted by Crippen LogP contribution is -2.43. The number of piperazine rings is 1. The smallest absolute Gasteiger partial charge is 0.256 e. The third kappa shape index (κ3) is 4.12. The summed E-state index contributed by atoms with van der Waals surface area (Å²) >= 11 is 0. The van der Waals surface area contributed by atoms with Gasteiger partial charge in [0.2, 0.25) is 0 Å². The fourth-order valence-corrected chi connectivity index (χ4v) is 6.06. The minimum Gasteiger partial charge on any atom is -0.377 e. The second-order valence-corrected chi connectivity index (χ2v) is 10.3. The molecule has 2 N–H and O–H groups in total. The van der Waals surface area contributed by atoms with Crippen LogP contribution in [0.15, 0.2) is 77.6 Å². The van der Waals surface area contributed by atoms with Gasteiger partial charge in [-0.05, 0) is 47.9 Å². The minimum atomic E-state index is -0.00585. The molecule has 36 heavy (non-hydrogen) atoms. The van der Waals surface area contributed by atoms with Crippen LogP contribution in [-0.4, -0.2) is 48.0 Å². The monoisotopic (exact) mass is 478 g/mol. The normalized spacial score (nSPS) is 20.4. The molecule has 5 heteroatoms. The SMILES string of the molecule is CCc1[nH]c(=O)c2cccc3c2c1C(c1ccccc1)C(c1cccc(CN2CCN(C)CC2)c1)N3. The van der Waals surface area contributed by atoms with Gasteiger partial charge >= 0.3 is 0 Å². The van der Waals surface area contributed by atoms with E-state index in [-0.39, 0.29) is 17.5 Å². The summed E-state index contributed by atoms with van der Waals surface area (Å²) in [7, 11) is 2.20.